The molecule has 0 aliphatic carbocycles. The third-order valence-corrected chi connectivity index (χ3v) is 3.24. The summed E-state index contributed by atoms with van der Waals surface area (Å²) < 4.78 is 0. The molecule has 1 atom stereocenters. The normalized spacial score (nSPS) is 28.3. The summed E-state index contributed by atoms with van der Waals surface area (Å²) in [5.41, 5.74) is 0.937. The fraction of sp³-hybridized carbons (Fsp3) is 1.00. The lowest BCUT2D eigenvalue weighted by Crippen LogP contribution is -2.39. The highest BCUT2D eigenvalue weighted by Gasteiger charge is 2.31. The first-order valence-electron chi connectivity index (χ1n) is 5.89. The van der Waals surface area contributed by atoms with Gasteiger partial charge < -0.3 is 10.6 Å². The van der Waals surface area contributed by atoms with E-state index in [1.54, 1.807) is 0 Å². The highest BCUT2D eigenvalue weighted by atomic mass is 15.0. The standard InChI is InChI=1S/C12H26N2/c1-5-12(6-7-13-9-12)10-14-8-11(2,3)4/h13-14H,5-10H2,1-4H3. The first kappa shape index (κ1) is 12.0. The van der Waals surface area contributed by atoms with Crippen molar-refractivity contribution in [3.05, 3.63) is 0 Å². The minimum Gasteiger partial charge on any atom is -0.316 e. The summed E-state index contributed by atoms with van der Waals surface area (Å²) in [7, 11) is 0. The lowest BCUT2D eigenvalue weighted by Gasteiger charge is -2.29. The maximum Gasteiger partial charge on any atom is 0.00206 e. The molecule has 1 rings (SSSR count). The molecule has 1 fully saturated rings. The Kier molecular flexibility index (Phi) is 3.96. The van der Waals surface area contributed by atoms with Crippen molar-refractivity contribution in [1.29, 1.82) is 0 Å². The predicted molar refractivity (Wildman–Crippen MR) is 62.5 cm³/mol. The van der Waals surface area contributed by atoms with Crippen LogP contribution < -0.4 is 10.6 Å². The van der Waals surface area contributed by atoms with Crippen LogP contribution in [0.3, 0.4) is 0 Å². The molecule has 0 amide bonds. The summed E-state index contributed by atoms with van der Waals surface area (Å²) in [5.74, 6) is 0. The Labute approximate surface area is 88.8 Å². The molecule has 2 heteroatoms. The average molecular weight is 198 g/mol. The Bertz CT molecular complexity index is 164. The molecule has 2 N–H and O–H groups in total. The van der Waals surface area contributed by atoms with Gasteiger partial charge in [0, 0.05) is 19.6 Å². The zero-order chi connectivity index (χ0) is 10.7. The molecule has 1 saturated heterocycles. The number of hydrogen-bond donors (Lipinski definition) is 2. The van der Waals surface area contributed by atoms with Gasteiger partial charge >= 0.3 is 0 Å². The third kappa shape index (κ3) is 3.58. The summed E-state index contributed by atoms with van der Waals surface area (Å²) in [5, 5.41) is 7.09. The maximum atomic E-state index is 3.62. The van der Waals surface area contributed by atoms with Crippen molar-refractivity contribution >= 4 is 0 Å². The van der Waals surface area contributed by atoms with Crippen LogP contribution in [0.4, 0.5) is 0 Å². The van der Waals surface area contributed by atoms with E-state index >= 15 is 0 Å². The lowest BCUT2D eigenvalue weighted by atomic mass is 9.84. The Morgan fingerprint density at radius 1 is 1.36 bits per heavy atom. The molecule has 14 heavy (non-hydrogen) atoms. The topological polar surface area (TPSA) is 24.1 Å². The first-order valence-corrected chi connectivity index (χ1v) is 5.89. The summed E-state index contributed by atoms with van der Waals surface area (Å²) in [6, 6.07) is 0. The van der Waals surface area contributed by atoms with Crippen molar-refractivity contribution in [3.63, 3.8) is 0 Å². The van der Waals surface area contributed by atoms with E-state index in [0.29, 0.717) is 10.8 Å². The van der Waals surface area contributed by atoms with Crippen molar-refractivity contribution in [2.24, 2.45) is 10.8 Å². The molecule has 1 aliphatic heterocycles. The molecule has 0 aromatic carbocycles. The van der Waals surface area contributed by atoms with E-state index in [-0.39, 0.29) is 0 Å². The van der Waals surface area contributed by atoms with Crippen LogP contribution in [0, 0.1) is 10.8 Å². The van der Waals surface area contributed by atoms with E-state index < -0.39 is 0 Å². The van der Waals surface area contributed by atoms with E-state index in [9.17, 15) is 0 Å². The highest BCUT2D eigenvalue weighted by Crippen LogP contribution is 2.28. The summed E-state index contributed by atoms with van der Waals surface area (Å²) in [6.45, 7) is 13.8. The van der Waals surface area contributed by atoms with Crippen molar-refractivity contribution in [1.82, 2.24) is 10.6 Å². The van der Waals surface area contributed by atoms with Gasteiger partial charge in [-0.1, -0.05) is 27.7 Å². The van der Waals surface area contributed by atoms with Crippen molar-refractivity contribution < 1.29 is 0 Å². The van der Waals surface area contributed by atoms with E-state index in [1.807, 2.05) is 0 Å². The van der Waals surface area contributed by atoms with Gasteiger partial charge in [-0.15, -0.1) is 0 Å². The molecule has 84 valence electrons. The van der Waals surface area contributed by atoms with Gasteiger partial charge in [0.1, 0.15) is 0 Å². The highest BCUT2D eigenvalue weighted by molar-refractivity contribution is 4.88. The Hall–Kier alpha value is -0.0800. The Morgan fingerprint density at radius 3 is 2.50 bits per heavy atom. The molecule has 0 spiro atoms. The third-order valence-electron chi connectivity index (χ3n) is 3.24. The molecule has 1 heterocycles. The van der Waals surface area contributed by atoms with Gasteiger partial charge in [0.05, 0.1) is 0 Å². The quantitative estimate of drug-likeness (QED) is 0.722. The fourth-order valence-corrected chi connectivity index (χ4v) is 2.08. The second-order valence-corrected chi connectivity index (χ2v) is 5.94. The predicted octanol–water partition coefficient (Wildman–Crippen LogP) is 2.01. The lowest BCUT2D eigenvalue weighted by molar-refractivity contribution is 0.268. The number of hydrogen-bond acceptors (Lipinski definition) is 2. The Balaban J connectivity index is 2.28. The summed E-state index contributed by atoms with van der Waals surface area (Å²) in [6.07, 6.45) is 2.62. The van der Waals surface area contributed by atoms with Crippen LogP contribution in [0.5, 0.6) is 0 Å². The van der Waals surface area contributed by atoms with Gasteiger partial charge in [-0.3, -0.25) is 0 Å². The SMILES string of the molecule is CCC1(CNCC(C)(C)C)CCNC1. The average Bonchev–Trinajstić information content (AvgIpc) is 2.52. The smallest absolute Gasteiger partial charge is 0.00206 e. The summed E-state index contributed by atoms with van der Waals surface area (Å²) >= 11 is 0. The Morgan fingerprint density at radius 2 is 2.07 bits per heavy atom. The zero-order valence-electron chi connectivity index (χ0n) is 10.2. The molecule has 0 saturated carbocycles. The molecular formula is C12H26N2. The zero-order valence-corrected chi connectivity index (χ0v) is 10.2. The van der Waals surface area contributed by atoms with Gasteiger partial charge in [-0.25, -0.2) is 0 Å². The second-order valence-electron chi connectivity index (χ2n) is 5.94. The van der Waals surface area contributed by atoms with Crippen molar-refractivity contribution in [3.8, 4) is 0 Å². The first-order chi connectivity index (χ1) is 6.47. The van der Waals surface area contributed by atoms with Gasteiger partial charge in [0.2, 0.25) is 0 Å². The molecule has 0 bridgehead atoms. The van der Waals surface area contributed by atoms with Crippen LogP contribution in [-0.4, -0.2) is 26.2 Å². The minimum absolute atomic E-state index is 0.404. The van der Waals surface area contributed by atoms with Crippen LogP contribution in [0.1, 0.15) is 40.5 Å². The van der Waals surface area contributed by atoms with Crippen LogP contribution in [0.2, 0.25) is 0 Å². The maximum absolute atomic E-state index is 3.62. The van der Waals surface area contributed by atoms with Crippen LogP contribution >= 0.6 is 0 Å². The molecule has 1 aliphatic rings. The van der Waals surface area contributed by atoms with Gasteiger partial charge in [-0.05, 0) is 30.2 Å². The van der Waals surface area contributed by atoms with Gasteiger partial charge in [0.15, 0.2) is 0 Å². The summed E-state index contributed by atoms with van der Waals surface area (Å²) in [4.78, 5) is 0. The van der Waals surface area contributed by atoms with E-state index in [0.717, 1.165) is 6.54 Å². The van der Waals surface area contributed by atoms with E-state index in [4.69, 9.17) is 0 Å². The van der Waals surface area contributed by atoms with E-state index in [1.165, 1.54) is 32.5 Å². The molecule has 1 unspecified atom stereocenters. The second kappa shape index (κ2) is 4.63. The monoisotopic (exact) mass is 198 g/mol. The minimum atomic E-state index is 0.404. The van der Waals surface area contributed by atoms with Crippen LogP contribution in [0.25, 0.3) is 0 Å². The molecule has 0 radical (unpaired) electrons. The molecule has 0 aromatic heterocycles. The van der Waals surface area contributed by atoms with Crippen molar-refractivity contribution in [2.45, 2.75) is 40.5 Å². The van der Waals surface area contributed by atoms with Gasteiger partial charge in [-0.2, -0.15) is 0 Å². The number of rotatable bonds is 4. The molecule has 2 nitrogen and oxygen atoms in total. The van der Waals surface area contributed by atoms with Crippen LogP contribution in [0.15, 0.2) is 0 Å². The molecule has 0 aromatic rings. The van der Waals surface area contributed by atoms with Crippen molar-refractivity contribution in [2.75, 3.05) is 26.2 Å². The number of nitrogens with one attached hydrogen (secondary N) is 2. The molecular weight excluding hydrogens is 172 g/mol. The van der Waals surface area contributed by atoms with Gasteiger partial charge in [0.25, 0.3) is 0 Å². The largest absolute Gasteiger partial charge is 0.316 e. The van der Waals surface area contributed by atoms with E-state index in [2.05, 4.69) is 38.3 Å². The van der Waals surface area contributed by atoms with Crippen LogP contribution in [-0.2, 0) is 0 Å². The fourth-order valence-electron chi connectivity index (χ4n) is 2.08.